The molecule has 0 spiro atoms. The molecule has 1 saturated heterocycles. The maximum absolute atomic E-state index is 11.7. The molecule has 126 valence electrons. The number of rotatable bonds is 5. The van der Waals surface area contributed by atoms with Crippen LogP contribution in [0.3, 0.4) is 0 Å². The lowest BCUT2D eigenvalue weighted by Crippen LogP contribution is -2.55. The van der Waals surface area contributed by atoms with Gasteiger partial charge in [-0.25, -0.2) is 4.79 Å². The van der Waals surface area contributed by atoms with Crippen molar-refractivity contribution in [3.8, 4) is 0 Å². The van der Waals surface area contributed by atoms with E-state index in [0.717, 1.165) is 26.2 Å². The second-order valence-electron chi connectivity index (χ2n) is 7.87. The summed E-state index contributed by atoms with van der Waals surface area (Å²) in [7, 11) is 3.23. The summed E-state index contributed by atoms with van der Waals surface area (Å²) >= 11 is 0. The van der Waals surface area contributed by atoms with Gasteiger partial charge in [-0.15, -0.1) is 0 Å². The molecule has 2 fully saturated rings. The first-order chi connectivity index (χ1) is 10.9. The molecule has 2 aliphatic rings. The third-order valence-corrected chi connectivity index (χ3v) is 5.66. The van der Waals surface area contributed by atoms with Crippen LogP contribution < -0.4 is 0 Å². The minimum absolute atomic E-state index is 0.273. The second-order valence-corrected chi connectivity index (χ2v) is 7.87. The van der Waals surface area contributed by atoms with Gasteiger partial charge in [0.1, 0.15) is 0 Å². The number of likely N-dealkylation sites (tertiary alicyclic amines) is 1. The molecular weight excluding hydrogens is 290 g/mol. The second kappa shape index (κ2) is 5.91. The van der Waals surface area contributed by atoms with Gasteiger partial charge in [-0.1, -0.05) is 26.0 Å². The Kier molecular flexibility index (Phi) is 4.23. The van der Waals surface area contributed by atoms with Crippen molar-refractivity contribution in [2.45, 2.75) is 26.8 Å². The van der Waals surface area contributed by atoms with Crippen LogP contribution in [0, 0.1) is 16.7 Å². The van der Waals surface area contributed by atoms with Crippen molar-refractivity contribution in [2.75, 3.05) is 33.9 Å². The lowest BCUT2D eigenvalue weighted by Gasteiger charge is -2.56. The van der Waals surface area contributed by atoms with E-state index in [9.17, 15) is 4.79 Å². The molecule has 3 rings (SSSR count). The van der Waals surface area contributed by atoms with Crippen molar-refractivity contribution in [3.63, 3.8) is 0 Å². The predicted octanol–water partition coefficient (Wildman–Crippen LogP) is 2.97. The zero-order chi connectivity index (χ0) is 16.7. The molecule has 1 aliphatic carbocycles. The highest BCUT2D eigenvalue weighted by molar-refractivity contribution is 5.89. The Morgan fingerprint density at radius 1 is 1.35 bits per heavy atom. The lowest BCUT2D eigenvalue weighted by molar-refractivity contribution is -0.107. The molecule has 0 bridgehead atoms. The molecule has 0 amide bonds. The monoisotopic (exact) mass is 317 g/mol. The van der Waals surface area contributed by atoms with Gasteiger partial charge >= 0.3 is 5.97 Å². The summed E-state index contributed by atoms with van der Waals surface area (Å²) in [6, 6.07) is 7.76. The fourth-order valence-electron chi connectivity index (χ4n) is 5.00. The van der Waals surface area contributed by atoms with E-state index < -0.39 is 0 Å². The molecule has 4 nitrogen and oxygen atoms in total. The molecule has 4 heteroatoms. The summed E-state index contributed by atoms with van der Waals surface area (Å²) in [5.74, 6) is 0.420. The Morgan fingerprint density at radius 3 is 2.78 bits per heavy atom. The van der Waals surface area contributed by atoms with E-state index in [-0.39, 0.29) is 5.97 Å². The van der Waals surface area contributed by atoms with Gasteiger partial charge in [0, 0.05) is 32.2 Å². The molecule has 1 aromatic carbocycles. The van der Waals surface area contributed by atoms with Crippen LogP contribution in [0.15, 0.2) is 24.3 Å². The topological polar surface area (TPSA) is 38.8 Å². The molecule has 0 aromatic heterocycles. The Morgan fingerprint density at radius 2 is 2.13 bits per heavy atom. The quantitative estimate of drug-likeness (QED) is 0.783. The van der Waals surface area contributed by atoms with Gasteiger partial charge in [-0.05, 0) is 35.4 Å². The smallest absolute Gasteiger partial charge is 0.337 e. The van der Waals surface area contributed by atoms with E-state index in [1.165, 1.54) is 19.1 Å². The van der Waals surface area contributed by atoms with Crippen LogP contribution in [0.25, 0.3) is 0 Å². The fourth-order valence-corrected chi connectivity index (χ4v) is 5.00. The van der Waals surface area contributed by atoms with Gasteiger partial charge in [0.25, 0.3) is 0 Å². The maximum atomic E-state index is 11.7. The summed E-state index contributed by atoms with van der Waals surface area (Å²) in [4.78, 5) is 14.2. The molecule has 1 saturated carbocycles. The number of methoxy groups -OCH3 is 2. The molecule has 0 radical (unpaired) electrons. The molecule has 1 aromatic rings. The summed E-state index contributed by atoms with van der Waals surface area (Å²) < 4.78 is 10.3. The number of hydrogen-bond acceptors (Lipinski definition) is 4. The van der Waals surface area contributed by atoms with Gasteiger partial charge in [0.15, 0.2) is 0 Å². The van der Waals surface area contributed by atoms with Gasteiger partial charge < -0.3 is 9.47 Å². The zero-order valence-electron chi connectivity index (χ0n) is 14.6. The normalized spacial score (nSPS) is 29.0. The predicted molar refractivity (Wildman–Crippen MR) is 89.3 cm³/mol. The van der Waals surface area contributed by atoms with Crippen LogP contribution in [0.2, 0.25) is 0 Å². The first-order valence-corrected chi connectivity index (χ1v) is 8.29. The Balaban J connectivity index is 1.71. The van der Waals surface area contributed by atoms with Gasteiger partial charge in [0.2, 0.25) is 0 Å². The minimum atomic E-state index is -0.273. The SMILES string of the molecule is COC[C@@]12CN(Cc3cccc(C(=O)OC)c3)C[C@@H]1C(C)(C)C2. The van der Waals surface area contributed by atoms with E-state index in [4.69, 9.17) is 9.47 Å². The molecule has 0 unspecified atom stereocenters. The van der Waals surface area contributed by atoms with Crippen molar-refractivity contribution in [2.24, 2.45) is 16.7 Å². The van der Waals surface area contributed by atoms with Crippen LogP contribution >= 0.6 is 0 Å². The third kappa shape index (κ3) is 2.90. The van der Waals surface area contributed by atoms with Crippen molar-refractivity contribution in [1.29, 1.82) is 0 Å². The van der Waals surface area contributed by atoms with Crippen molar-refractivity contribution in [1.82, 2.24) is 4.90 Å². The number of carbonyl (C=O) groups excluding carboxylic acids is 1. The van der Waals surface area contributed by atoms with Crippen LogP contribution in [0.1, 0.15) is 36.2 Å². The maximum Gasteiger partial charge on any atom is 0.337 e. The number of benzene rings is 1. The van der Waals surface area contributed by atoms with Gasteiger partial charge in [0.05, 0.1) is 19.3 Å². The fraction of sp³-hybridized carbons (Fsp3) is 0.632. The van der Waals surface area contributed by atoms with Crippen molar-refractivity contribution >= 4 is 5.97 Å². The zero-order valence-corrected chi connectivity index (χ0v) is 14.6. The Labute approximate surface area is 138 Å². The highest BCUT2D eigenvalue weighted by Gasteiger charge is 2.62. The van der Waals surface area contributed by atoms with E-state index in [2.05, 4.69) is 24.8 Å². The molecular formula is C19H27NO3. The van der Waals surface area contributed by atoms with Crippen molar-refractivity contribution in [3.05, 3.63) is 35.4 Å². The summed E-state index contributed by atoms with van der Waals surface area (Å²) in [5, 5.41) is 0. The Bertz CT molecular complexity index is 598. The largest absolute Gasteiger partial charge is 0.465 e. The first kappa shape index (κ1) is 16.5. The summed E-state index contributed by atoms with van der Waals surface area (Å²) in [5.41, 5.74) is 2.51. The van der Waals surface area contributed by atoms with Crippen molar-refractivity contribution < 1.29 is 14.3 Å². The van der Waals surface area contributed by atoms with Crippen LogP contribution in [-0.4, -0.2) is 44.8 Å². The third-order valence-electron chi connectivity index (χ3n) is 5.66. The molecule has 23 heavy (non-hydrogen) atoms. The van der Waals surface area contributed by atoms with E-state index in [1.807, 2.05) is 12.1 Å². The highest BCUT2D eigenvalue weighted by Crippen LogP contribution is 2.62. The highest BCUT2D eigenvalue weighted by atomic mass is 16.5. The average Bonchev–Trinajstić information content (AvgIpc) is 2.81. The van der Waals surface area contributed by atoms with Gasteiger partial charge in [-0.2, -0.15) is 0 Å². The van der Waals surface area contributed by atoms with E-state index in [1.54, 1.807) is 13.2 Å². The van der Waals surface area contributed by atoms with E-state index in [0.29, 0.717) is 22.3 Å². The molecule has 0 N–H and O–H groups in total. The number of carbonyl (C=O) groups is 1. The summed E-state index contributed by atoms with van der Waals surface area (Å²) in [6.07, 6.45) is 1.23. The number of hydrogen-bond donors (Lipinski definition) is 0. The minimum Gasteiger partial charge on any atom is -0.465 e. The molecule has 2 atom stereocenters. The molecule has 1 heterocycles. The standard InChI is InChI=1S/C19H27NO3/c1-18(2)11-19(13-22-3)12-20(10-16(18)19)9-14-6-5-7-15(8-14)17(21)23-4/h5-8,16H,9-13H2,1-4H3/t16-,19-/m1/s1. The Hall–Kier alpha value is -1.39. The van der Waals surface area contributed by atoms with Gasteiger partial charge in [-0.3, -0.25) is 4.90 Å². The number of esters is 1. The average molecular weight is 317 g/mol. The van der Waals surface area contributed by atoms with Crippen LogP contribution in [-0.2, 0) is 16.0 Å². The summed E-state index contributed by atoms with van der Waals surface area (Å²) in [6.45, 7) is 8.65. The van der Waals surface area contributed by atoms with E-state index >= 15 is 0 Å². The van der Waals surface area contributed by atoms with Crippen LogP contribution in [0.4, 0.5) is 0 Å². The molecule has 1 aliphatic heterocycles. The van der Waals surface area contributed by atoms with Crippen LogP contribution in [0.5, 0.6) is 0 Å². The number of ether oxygens (including phenoxy) is 2. The number of nitrogens with zero attached hydrogens (tertiary/aromatic N) is 1. The first-order valence-electron chi connectivity index (χ1n) is 8.29. The lowest BCUT2D eigenvalue weighted by atomic mass is 9.48. The number of fused-ring (bicyclic) bond motifs is 1.